The molecule has 1 atom stereocenters. The van der Waals surface area contributed by atoms with E-state index in [0.29, 0.717) is 11.7 Å². The fourth-order valence-corrected chi connectivity index (χ4v) is 2.79. The monoisotopic (exact) mass is 295 g/mol. The van der Waals surface area contributed by atoms with Crippen molar-refractivity contribution in [1.82, 2.24) is 5.32 Å². The molecule has 2 rings (SSSR count). The van der Waals surface area contributed by atoms with Gasteiger partial charge < -0.3 is 10.2 Å². The molecule has 0 aromatic heterocycles. The third-order valence-corrected chi connectivity index (χ3v) is 3.83. The van der Waals surface area contributed by atoms with Crippen molar-refractivity contribution in [2.24, 2.45) is 0 Å². The van der Waals surface area contributed by atoms with Gasteiger partial charge >= 0.3 is 0 Å². The molecule has 1 unspecified atom stereocenters. The van der Waals surface area contributed by atoms with Crippen molar-refractivity contribution < 1.29 is 9.31 Å². The standard InChI is InChI=1S/C15H22FN3O2/c1-2-9-18(11-12-5-3-4-8-17-12)15-7-6-13(19(20)21)10-14(15)16/h6-7,10,12,17H,2-5,8-9,11H2,1H3. The molecular formula is C15H22FN3O2. The van der Waals surface area contributed by atoms with Gasteiger partial charge in [-0.15, -0.1) is 0 Å². The van der Waals surface area contributed by atoms with Gasteiger partial charge in [0.1, 0.15) is 0 Å². The second-order valence-electron chi connectivity index (χ2n) is 5.49. The second kappa shape index (κ2) is 7.36. The van der Waals surface area contributed by atoms with Gasteiger partial charge in [-0.05, 0) is 31.9 Å². The molecule has 1 aromatic rings. The molecule has 116 valence electrons. The molecule has 1 fully saturated rings. The zero-order chi connectivity index (χ0) is 15.2. The summed E-state index contributed by atoms with van der Waals surface area (Å²) in [6.07, 6.45) is 4.38. The van der Waals surface area contributed by atoms with E-state index in [9.17, 15) is 14.5 Å². The first kappa shape index (κ1) is 15.7. The molecule has 6 heteroatoms. The lowest BCUT2D eigenvalue weighted by atomic mass is 10.0. The zero-order valence-corrected chi connectivity index (χ0v) is 12.3. The lowest BCUT2D eigenvalue weighted by Crippen LogP contribution is -2.44. The van der Waals surface area contributed by atoms with E-state index in [2.05, 4.69) is 5.32 Å². The molecular weight excluding hydrogens is 273 g/mol. The fraction of sp³-hybridized carbons (Fsp3) is 0.600. The Bertz CT molecular complexity index is 490. The maximum atomic E-state index is 14.2. The number of nitrogens with one attached hydrogen (secondary N) is 1. The van der Waals surface area contributed by atoms with E-state index >= 15 is 0 Å². The maximum absolute atomic E-state index is 14.2. The summed E-state index contributed by atoms with van der Waals surface area (Å²) >= 11 is 0. The van der Waals surface area contributed by atoms with E-state index in [1.165, 1.54) is 25.0 Å². The summed E-state index contributed by atoms with van der Waals surface area (Å²) in [6.45, 7) is 4.54. The van der Waals surface area contributed by atoms with Crippen molar-refractivity contribution in [3.05, 3.63) is 34.1 Å². The lowest BCUT2D eigenvalue weighted by Gasteiger charge is -2.32. The van der Waals surface area contributed by atoms with Crippen LogP contribution >= 0.6 is 0 Å². The Balaban J connectivity index is 2.14. The predicted molar refractivity (Wildman–Crippen MR) is 81.2 cm³/mol. The van der Waals surface area contributed by atoms with Gasteiger partial charge in [0.05, 0.1) is 16.7 Å². The molecule has 0 radical (unpaired) electrons. The highest BCUT2D eigenvalue weighted by atomic mass is 19.1. The summed E-state index contributed by atoms with van der Waals surface area (Å²) in [5.74, 6) is -0.520. The van der Waals surface area contributed by atoms with Crippen LogP contribution in [0.4, 0.5) is 15.8 Å². The van der Waals surface area contributed by atoms with E-state index in [1.54, 1.807) is 0 Å². The van der Waals surface area contributed by atoms with Crippen LogP contribution in [0.25, 0.3) is 0 Å². The van der Waals surface area contributed by atoms with Crippen LogP contribution in [0.15, 0.2) is 18.2 Å². The molecule has 21 heavy (non-hydrogen) atoms. The number of hydrogen-bond acceptors (Lipinski definition) is 4. The van der Waals surface area contributed by atoms with E-state index in [4.69, 9.17) is 0 Å². The topological polar surface area (TPSA) is 58.4 Å². The molecule has 5 nitrogen and oxygen atoms in total. The molecule has 0 bridgehead atoms. The molecule has 1 aromatic carbocycles. The molecule has 1 saturated heterocycles. The quantitative estimate of drug-likeness (QED) is 0.647. The molecule has 1 heterocycles. The highest BCUT2D eigenvalue weighted by molar-refractivity contribution is 5.52. The number of rotatable bonds is 6. The Morgan fingerprint density at radius 3 is 2.86 bits per heavy atom. The Morgan fingerprint density at radius 1 is 1.48 bits per heavy atom. The van der Waals surface area contributed by atoms with Gasteiger partial charge in [-0.2, -0.15) is 0 Å². The summed E-state index contributed by atoms with van der Waals surface area (Å²) in [5.41, 5.74) is 0.248. The molecule has 1 N–H and O–H groups in total. The average molecular weight is 295 g/mol. The van der Waals surface area contributed by atoms with E-state index < -0.39 is 10.7 Å². The van der Waals surface area contributed by atoms with E-state index in [1.807, 2.05) is 11.8 Å². The summed E-state index contributed by atoms with van der Waals surface area (Å²) in [6, 6.07) is 4.26. The summed E-state index contributed by atoms with van der Waals surface area (Å²) < 4.78 is 14.2. The van der Waals surface area contributed by atoms with Gasteiger partial charge in [-0.25, -0.2) is 4.39 Å². The zero-order valence-electron chi connectivity index (χ0n) is 12.3. The molecule has 0 aliphatic carbocycles. The lowest BCUT2D eigenvalue weighted by molar-refractivity contribution is -0.385. The number of nitro benzene ring substituents is 1. The first-order chi connectivity index (χ1) is 10.1. The largest absolute Gasteiger partial charge is 0.368 e. The first-order valence-electron chi connectivity index (χ1n) is 7.54. The Kier molecular flexibility index (Phi) is 5.50. The van der Waals surface area contributed by atoms with Gasteiger partial charge in [-0.1, -0.05) is 13.3 Å². The number of nitrogens with zero attached hydrogens (tertiary/aromatic N) is 2. The number of anilines is 1. The molecule has 0 amide bonds. The van der Waals surface area contributed by atoms with Crippen LogP contribution < -0.4 is 10.2 Å². The SMILES string of the molecule is CCCN(CC1CCCCN1)c1ccc([N+](=O)[O-])cc1F. The molecule has 0 spiro atoms. The first-order valence-corrected chi connectivity index (χ1v) is 7.54. The van der Waals surface area contributed by atoms with Gasteiger partial charge in [-0.3, -0.25) is 10.1 Å². The number of non-ortho nitro benzene ring substituents is 1. The van der Waals surface area contributed by atoms with Crippen molar-refractivity contribution in [1.29, 1.82) is 0 Å². The Morgan fingerprint density at radius 2 is 2.29 bits per heavy atom. The molecule has 1 aliphatic heterocycles. The minimum atomic E-state index is -0.570. The van der Waals surface area contributed by atoms with Crippen molar-refractivity contribution in [3.63, 3.8) is 0 Å². The normalized spacial score (nSPS) is 18.5. The number of piperidine rings is 1. The minimum absolute atomic E-state index is 0.205. The molecule has 1 aliphatic rings. The van der Waals surface area contributed by atoms with Crippen LogP contribution in [-0.2, 0) is 0 Å². The van der Waals surface area contributed by atoms with Crippen molar-refractivity contribution >= 4 is 11.4 Å². The second-order valence-corrected chi connectivity index (χ2v) is 5.49. The number of hydrogen-bond donors (Lipinski definition) is 1. The van der Waals surface area contributed by atoms with E-state index in [-0.39, 0.29) is 5.69 Å². The van der Waals surface area contributed by atoms with Crippen LogP contribution in [0.2, 0.25) is 0 Å². The summed E-state index contributed by atoms with van der Waals surface area (Å²) in [4.78, 5) is 12.1. The highest BCUT2D eigenvalue weighted by Gasteiger charge is 2.20. The highest BCUT2D eigenvalue weighted by Crippen LogP contribution is 2.25. The predicted octanol–water partition coefficient (Wildman–Crippen LogP) is 3.09. The fourth-order valence-electron chi connectivity index (χ4n) is 2.79. The van der Waals surface area contributed by atoms with Gasteiger partial charge in [0.2, 0.25) is 0 Å². The third-order valence-electron chi connectivity index (χ3n) is 3.83. The third kappa shape index (κ3) is 4.14. The molecule has 0 saturated carbocycles. The van der Waals surface area contributed by atoms with Crippen LogP contribution in [0.1, 0.15) is 32.6 Å². The number of nitro groups is 1. The number of halogens is 1. The minimum Gasteiger partial charge on any atom is -0.368 e. The van der Waals surface area contributed by atoms with Crippen molar-refractivity contribution in [2.75, 3.05) is 24.5 Å². The van der Waals surface area contributed by atoms with Crippen molar-refractivity contribution in [3.8, 4) is 0 Å². The van der Waals surface area contributed by atoms with Gasteiger partial charge in [0, 0.05) is 25.2 Å². The number of benzene rings is 1. The smallest absolute Gasteiger partial charge is 0.272 e. The Hall–Kier alpha value is -1.69. The van der Waals surface area contributed by atoms with E-state index in [0.717, 1.165) is 38.5 Å². The van der Waals surface area contributed by atoms with Crippen LogP contribution in [0.5, 0.6) is 0 Å². The van der Waals surface area contributed by atoms with Crippen LogP contribution in [0.3, 0.4) is 0 Å². The van der Waals surface area contributed by atoms with Crippen LogP contribution in [0, 0.1) is 15.9 Å². The summed E-state index contributed by atoms with van der Waals surface area (Å²) in [5, 5.41) is 14.1. The van der Waals surface area contributed by atoms with Gasteiger partial charge in [0.15, 0.2) is 5.82 Å². The maximum Gasteiger partial charge on any atom is 0.272 e. The van der Waals surface area contributed by atoms with Crippen molar-refractivity contribution in [2.45, 2.75) is 38.6 Å². The summed E-state index contributed by atoms with van der Waals surface area (Å²) in [7, 11) is 0. The average Bonchev–Trinajstić information content (AvgIpc) is 2.48. The van der Waals surface area contributed by atoms with Crippen LogP contribution in [-0.4, -0.2) is 30.6 Å². The van der Waals surface area contributed by atoms with Gasteiger partial charge in [0.25, 0.3) is 5.69 Å². The Labute approximate surface area is 124 Å².